The topological polar surface area (TPSA) is 63.0 Å². The van der Waals surface area contributed by atoms with Crippen LogP contribution in [0, 0.1) is 29.9 Å². The number of aromatic nitrogens is 1. The highest BCUT2D eigenvalue weighted by Crippen LogP contribution is 2.24. The summed E-state index contributed by atoms with van der Waals surface area (Å²) in [5, 5.41) is 11.3. The van der Waals surface area contributed by atoms with Crippen molar-refractivity contribution >= 4 is 17.1 Å². The lowest BCUT2D eigenvalue weighted by molar-refractivity contribution is -0.125. The number of ether oxygens (including phenoxy) is 1. The van der Waals surface area contributed by atoms with Crippen molar-refractivity contribution in [2.75, 3.05) is 0 Å². The average Bonchev–Trinajstić information content (AvgIpc) is 2.90. The van der Waals surface area contributed by atoms with Crippen LogP contribution in [0.5, 0.6) is 5.75 Å². The number of nitriles is 1. The molecule has 1 heterocycles. The third kappa shape index (κ3) is 3.46. The Kier molecular flexibility index (Phi) is 4.83. The van der Waals surface area contributed by atoms with Gasteiger partial charge in [0.2, 0.25) is 0 Å². The second kappa shape index (κ2) is 6.62. The van der Waals surface area contributed by atoms with Crippen molar-refractivity contribution in [1.29, 1.82) is 5.26 Å². The minimum atomic E-state index is -1.07. The number of ketones is 1. The molecule has 0 N–H and O–H groups in total. The average molecular weight is 322 g/mol. The molecule has 22 heavy (non-hydrogen) atoms. The van der Waals surface area contributed by atoms with Crippen LogP contribution in [0.1, 0.15) is 23.5 Å². The van der Waals surface area contributed by atoms with E-state index in [0.717, 1.165) is 17.8 Å². The van der Waals surface area contributed by atoms with Crippen molar-refractivity contribution in [3.05, 3.63) is 45.9 Å². The van der Waals surface area contributed by atoms with Gasteiger partial charge in [-0.15, -0.1) is 11.3 Å². The second-order valence-corrected chi connectivity index (χ2v) is 5.52. The van der Waals surface area contributed by atoms with Crippen molar-refractivity contribution < 1.29 is 18.3 Å². The van der Waals surface area contributed by atoms with E-state index in [4.69, 9.17) is 4.74 Å². The number of carbonyl (C=O) groups is 1. The molecule has 114 valence electrons. The predicted octanol–water partition coefficient (Wildman–Crippen LogP) is 3.37. The Morgan fingerprint density at radius 3 is 2.68 bits per heavy atom. The second-order valence-electron chi connectivity index (χ2n) is 4.63. The molecule has 1 aromatic heterocycles. The number of benzene rings is 1. The summed E-state index contributed by atoms with van der Waals surface area (Å²) in [6, 6.07) is 4.89. The van der Waals surface area contributed by atoms with E-state index in [0.29, 0.717) is 5.01 Å². The van der Waals surface area contributed by atoms with Crippen molar-refractivity contribution in [1.82, 2.24) is 4.98 Å². The third-order valence-electron chi connectivity index (χ3n) is 2.90. The Morgan fingerprint density at radius 1 is 1.41 bits per heavy atom. The standard InChI is InChI=1S/C15H12F2N2O2S/c1-8-7-22-15(19-8)11(6-18)14(20)9(2)21-10-3-4-12(16)13(17)5-10/h3-5,7,9,11H,1-2H3/t9-,11+/m0/s1. The molecule has 0 spiro atoms. The van der Waals surface area contributed by atoms with Gasteiger partial charge in [0.05, 0.1) is 6.07 Å². The molecule has 0 unspecified atom stereocenters. The Balaban J connectivity index is 2.14. The number of hydrogen-bond donors (Lipinski definition) is 0. The highest BCUT2D eigenvalue weighted by molar-refractivity contribution is 7.09. The number of hydrogen-bond acceptors (Lipinski definition) is 5. The number of carbonyl (C=O) groups excluding carboxylic acids is 1. The number of nitrogens with zero attached hydrogens (tertiary/aromatic N) is 2. The van der Waals surface area contributed by atoms with Crippen LogP contribution in [0.2, 0.25) is 0 Å². The molecular formula is C15H12F2N2O2S. The van der Waals surface area contributed by atoms with Crippen molar-refractivity contribution in [2.45, 2.75) is 25.9 Å². The van der Waals surface area contributed by atoms with Crippen LogP contribution in [0.25, 0.3) is 0 Å². The zero-order valence-corrected chi connectivity index (χ0v) is 12.7. The van der Waals surface area contributed by atoms with Gasteiger partial charge in [-0.1, -0.05) is 0 Å². The van der Waals surface area contributed by atoms with Crippen molar-refractivity contribution in [2.24, 2.45) is 0 Å². The highest BCUT2D eigenvalue weighted by atomic mass is 32.1. The Bertz CT molecular complexity index is 739. The Labute approximate surface area is 130 Å². The monoisotopic (exact) mass is 322 g/mol. The Hall–Kier alpha value is -2.33. The molecule has 0 fully saturated rings. The first kappa shape index (κ1) is 16.0. The lowest BCUT2D eigenvalue weighted by Crippen LogP contribution is -2.28. The maximum atomic E-state index is 13.1. The van der Waals surface area contributed by atoms with Gasteiger partial charge in [0, 0.05) is 17.1 Å². The molecular weight excluding hydrogens is 310 g/mol. The van der Waals surface area contributed by atoms with E-state index in [9.17, 15) is 18.8 Å². The molecule has 0 amide bonds. The molecule has 0 aliphatic carbocycles. The van der Waals surface area contributed by atoms with Crippen molar-refractivity contribution in [3.63, 3.8) is 0 Å². The zero-order chi connectivity index (χ0) is 16.3. The number of halogens is 2. The molecule has 2 aromatic rings. The SMILES string of the molecule is Cc1csc([C@H](C#N)C(=O)[C@H](C)Oc2ccc(F)c(F)c2)n1. The molecule has 7 heteroatoms. The van der Waals surface area contributed by atoms with E-state index in [1.807, 2.05) is 6.07 Å². The lowest BCUT2D eigenvalue weighted by Gasteiger charge is -2.15. The normalized spacial score (nSPS) is 13.2. The van der Waals surface area contributed by atoms with Gasteiger partial charge in [-0.05, 0) is 26.0 Å². The number of Topliss-reactive ketones (excluding diaryl/α,β-unsaturated/α-hetero) is 1. The van der Waals surface area contributed by atoms with Gasteiger partial charge in [0.25, 0.3) is 0 Å². The molecule has 0 aliphatic rings. The molecule has 0 radical (unpaired) electrons. The molecule has 1 aromatic carbocycles. The zero-order valence-electron chi connectivity index (χ0n) is 11.8. The number of thiazole rings is 1. The third-order valence-corrected chi connectivity index (χ3v) is 3.93. The van der Waals surface area contributed by atoms with Gasteiger partial charge in [0.15, 0.2) is 29.4 Å². The molecule has 4 nitrogen and oxygen atoms in total. The Morgan fingerprint density at radius 2 is 2.14 bits per heavy atom. The molecule has 0 aliphatic heterocycles. The first-order chi connectivity index (χ1) is 10.4. The van der Waals surface area contributed by atoms with E-state index < -0.39 is 29.4 Å². The fourth-order valence-corrected chi connectivity index (χ4v) is 2.64. The first-order valence-electron chi connectivity index (χ1n) is 6.39. The van der Waals surface area contributed by atoms with E-state index in [-0.39, 0.29) is 5.75 Å². The highest BCUT2D eigenvalue weighted by Gasteiger charge is 2.29. The maximum Gasteiger partial charge on any atom is 0.196 e. The first-order valence-corrected chi connectivity index (χ1v) is 7.27. The fourth-order valence-electron chi connectivity index (χ4n) is 1.79. The van der Waals surface area contributed by atoms with E-state index in [2.05, 4.69) is 4.98 Å². The van der Waals surface area contributed by atoms with Crippen molar-refractivity contribution in [3.8, 4) is 11.8 Å². The van der Waals surface area contributed by atoms with Gasteiger partial charge < -0.3 is 4.74 Å². The summed E-state index contributed by atoms with van der Waals surface area (Å²) in [4.78, 5) is 16.4. The summed E-state index contributed by atoms with van der Waals surface area (Å²) < 4.78 is 31.3. The molecule has 2 rings (SSSR count). The molecule has 0 bridgehead atoms. The van der Waals surface area contributed by atoms with Gasteiger partial charge >= 0.3 is 0 Å². The number of aryl methyl sites for hydroxylation is 1. The van der Waals surface area contributed by atoms with Crippen LogP contribution in [0.3, 0.4) is 0 Å². The minimum absolute atomic E-state index is 0.0201. The quantitative estimate of drug-likeness (QED) is 0.846. The lowest BCUT2D eigenvalue weighted by atomic mass is 10.0. The largest absolute Gasteiger partial charge is 0.483 e. The summed E-state index contributed by atoms with van der Waals surface area (Å²) in [5.74, 6) is -3.57. The summed E-state index contributed by atoms with van der Waals surface area (Å²) in [7, 11) is 0. The summed E-state index contributed by atoms with van der Waals surface area (Å²) >= 11 is 1.22. The van der Waals surface area contributed by atoms with E-state index in [1.165, 1.54) is 24.3 Å². The smallest absolute Gasteiger partial charge is 0.196 e. The summed E-state index contributed by atoms with van der Waals surface area (Å²) in [5.41, 5.74) is 0.724. The summed E-state index contributed by atoms with van der Waals surface area (Å²) in [6.07, 6.45) is -0.987. The van der Waals surface area contributed by atoms with Crippen LogP contribution in [-0.4, -0.2) is 16.9 Å². The van der Waals surface area contributed by atoms with E-state index in [1.54, 1.807) is 12.3 Å². The van der Waals surface area contributed by atoms with Gasteiger partial charge in [-0.25, -0.2) is 13.8 Å². The van der Waals surface area contributed by atoms with Gasteiger partial charge in [-0.2, -0.15) is 5.26 Å². The summed E-state index contributed by atoms with van der Waals surface area (Å²) in [6.45, 7) is 3.22. The van der Waals surface area contributed by atoms with Crippen LogP contribution >= 0.6 is 11.3 Å². The van der Waals surface area contributed by atoms with Gasteiger partial charge in [-0.3, -0.25) is 4.79 Å². The van der Waals surface area contributed by atoms with E-state index >= 15 is 0 Å². The molecule has 0 saturated heterocycles. The predicted molar refractivity (Wildman–Crippen MR) is 76.7 cm³/mol. The molecule has 0 saturated carbocycles. The van der Waals surface area contributed by atoms with Crippen LogP contribution in [0.4, 0.5) is 8.78 Å². The minimum Gasteiger partial charge on any atom is -0.483 e. The fraction of sp³-hybridized carbons (Fsp3) is 0.267. The number of rotatable bonds is 5. The van der Waals surface area contributed by atoms with Crippen LogP contribution in [0.15, 0.2) is 23.6 Å². The maximum absolute atomic E-state index is 13.1. The van der Waals surface area contributed by atoms with Gasteiger partial charge in [0.1, 0.15) is 10.8 Å². The molecule has 2 atom stereocenters. The van der Waals surface area contributed by atoms with Crippen LogP contribution < -0.4 is 4.74 Å². The van der Waals surface area contributed by atoms with Crippen LogP contribution in [-0.2, 0) is 4.79 Å².